The average molecular weight is 216 g/mol. The molecule has 1 aliphatic heterocycles. The first-order valence-corrected chi connectivity index (χ1v) is 6.00. The van der Waals surface area contributed by atoms with Crippen molar-refractivity contribution in [2.45, 2.75) is 31.7 Å². The lowest BCUT2D eigenvalue weighted by atomic mass is 10.1. The summed E-state index contributed by atoms with van der Waals surface area (Å²) < 4.78 is 0. The second-order valence-electron chi connectivity index (χ2n) is 4.63. The second kappa shape index (κ2) is 3.81. The van der Waals surface area contributed by atoms with Crippen LogP contribution in [0.4, 0.5) is 11.4 Å². The molecule has 1 N–H and O–H groups in total. The molecule has 16 heavy (non-hydrogen) atoms. The first kappa shape index (κ1) is 9.70. The molecule has 1 saturated carbocycles. The summed E-state index contributed by atoms with van der Waals surface area (Å²) in [4.78, 5) is 13.9. The molecule has 1 amide bonds. The third-order valence-corrected chi connectivity index (χ3v) is 3.57. The molecular weight excluding hydrogens is 200 g/mol. The van der Waals surface area contributed by atoms with Crippen molar-refractivity contribution in [3.63, 3.8) is 0 Å². The molecule has 1 aromatic carbocycles. The van der Waals surface area contributed by atoms with Crippen molar-refractivity contribution in [1.82, 2.24) is 0 Å². The molecule has 0 aromatic heterocycles. The summed E-state index contributed by atoms with van der Waals surface area (Å²) in [6, 6.07) is 8.66. The quantitative estimate of drug-likeness (QED) is 0.781. The molecule has 3 heteroatoms. The number of rotatable bonds is 1. The van der Waals surface area contributed by atoms with E-state index in [1.54, 1.807) is 0 Å². The molecule has 0 unspecified atom stereocenters. The summed E-state index contributed by atoms with van der Waals surface area (Å²) in [5.74, 6) is 0.116. The van der Waals surface area contributed by atoms with E-state index in [1.165, 1.54) is 31.4 Å². The van der Waals surface area contributed by atoms with Gasteiger partial charge < -0.3 is 10.2 Å². The summed E-state index contributed by atoms with van der Waals surface area (Å²) in [5, 5.41) is 2.93. The van der Waals surface area contributed by atoms with E-state index in [0.717, 1.165) is 5.69 Å². The summed E-state index contributed by atoms with van der Waals surface area (Å²) >= 11 is 0. The van der Waals surface area contributed by atoms with Crippen molar-refractivity contribution in [3.8, 4) is 0 Å². The highest BCUT2D eigenvalue weighted by Crippen LogP contribution is 2.34. The third-order valence-electron chi connectivity index (χ3n) is 3.57. The Morgan fingerprint density at radius 2 is 1.94 bits per heavy atom. The van der Waals surface area contributed by atoms with Gasteiger partial charge >= 0.3 is 0 Å². The highest BCUT2D eigenvalue weighted by molar-refractivity contribution is 6.01. The van der Waals surface area contributed by atoms with Gasteiger partial charge in [0.05, 0.1) is 17.9 Å². The molecule has 0 spiro atoms. The molecule has 3 nitrogen and oxygen atoms in total. The molecule has 3 rings (SSSR count). The fourth-order valence-corrected chi connectivity index (χ4v) is 2.80. The summed E-state index contributed by atoms with van der Waals surface area (Å²) in [6.45, 7) is 0.516. The number of hydrogen-bond acceptors (Lipinski definition) is 2. The van der Waals surface area contributed by atoms with Gasteiger partial charge in [0.25, 0.3) is 0 Å². The Morgan fingerprint density at radius 1 is 1.19 bits per heavy atom. The average Bonchev–Trinajstić information content (AvgIpc) is 2.81. The number of fused-ring (bicyclic) bond motifs is 1. The number of nitrogens with zero attached hydrogens (tertiary/aromatic N) is 1. The lowest BCUT2D eigenvalue weighted by Crippen LogP contribution is -2.43. The summed E-state index contributed by atoms with van der Waals surface area (Å²) in [5.41, 5.74) is 2.15. The van der Waals surface area contributed by atoms with Crippen molar-refractivity contribution in [2.75, 3.05) is 16.8 Å². The van der Waals surface area contributed by atoms with Gasteiger partial charge in [0.2, 0.25) is 5.91 Å². The van der Waals surface area contributed by atoms with Crippen LogP contribution in [0.2, 0.25) is 0 Å². The van der Waals surface area contributed by atoms with Gasteiger partial charge in [0.1, 0.15) is 0 Å². The number of carbonyl (C=O) groups excluding carboxylic acids is 1. The van der Waals surface area contributed by atoms with Crippen LogP contribution in [0, 0.1) is 0 Å². The molecule has 1 aromatic rings. The number of benzene rings is 1. The molecule has 0 saturated heterocycles. The van der Waals surface area contributed by atoms with E-state index in [9.17, 15) is 4.79 Å². The van der Waals surface area contributed by atoms with Crippen LogP contribution >= 0.6 is 0 Å². The lowest BCUT2D eigenvalue weighted by Gasteiger charge is -2.35. The number of amides is 1. The van der Waals surface area contributed by atoms with Gasteiger partial charge in [-0.05, 0) is 25.0 Å². The number of para-hydroxylation sites is 2. The van der Waals surface area contributed by atoms with E-state index in [0.29, 0.717) is 12.6 Å². The Kier molecular flexibility index (Phi) is 2.31. The fraction of sp³-hybridized carbons (Fsp3) is 0.462. The van der Waals surface area contributed by atoms with E-state index in [2.05, 4.69) is 16.3 Å². The van der Waals surface area contributed by atoms with Crippen molar-refractivity contribution in [2.24, 2.45) is 0 Å². The number of nitrogens with one attached hydrogen (secondary N) is 1. The topological polar surface area (TPSA) is 32.3 Å². The Morgan fingerprint density at radius 3 is 2.75 bits per heavy atom. The third kappa shape index (κ3) is 1.56. The largest absolute Gasteiger partial charge is 0.358 e. The lowest BCUT2D eigenvalue weighted by molar-refractivity contribution is -0.115. The van der Waals surface area contributed by atoms with E-state index < -0.39 is 0 Å². The molecule has 0 radical (unpaired) electrons. The minimum absolute atomic E-state index is 0.116. The van der Waals surface area contributed by atoms with Gasteiger partial charge in [-0.25, -0.2) is 0 Å². The molecule has 2 aliphatic rings. The number of hydrogen-bond donors (Lipinski definition) is 1. The Hall–Kier alpha value is -1.51. The van der Waals surface area contributed by atoms with Crippen molar-refractivity contribution in [3.05, 3.63) is 24.3 Å². The molecule has 0 bridgehead atoms. The van der Waals surface area contributed by atoms with E-state index >= 15 is 0 Å². The van der Waals surface area contributed by atoms with Crippen LogP contribution in [-0.4, -0.2) is 18.5 Å². The molecule has 1 heterocycles. The zero-order chi connectivity index (χ0) is 11.0. The van der Waals surface area contributed by atoms with E-state index in [-0.39, 0.29) is 5.91 Å². The first-order valence-electron chi connectivity index (χ1n) is 6.00. The summed E-state index contributed by atoms with van der Waals surface area (Å²) in [6.07, 6.45) is 5.04. The van der Waals surface area contributed by atoms with Gasteiger partial charge in [-0.3, -0.25) is 4.79 Å². The van der Waals surface area contributed by atoms with Crippen LogP contribution in [0.25, 0.3) is 0 Å². The predicted octanol–water partition coefficient (Wildman–Crippen LogP) is 2.39. The van der Waals surface area contributed by atoms with Crippen LogP contribution in [0.3, 0.4) is 0 Å². The van der Waals surface area contributed by atoms with Crippen LogP contribution < -0.4 is 10.2 Å². The molecule has 1 fully saturated rings. The van der Waals surface area contributed by atoms with Gasteiger partial charge in [-0.2, -0.15) is 0 Å². The minimum atomic E-state index is 0.116. The minimum Gasteiger partial charge on any atom is -0.358 e. The zero-order valence-corrected chi connectivity index (χ0v) is 9.28. The van der Waals surface area contributed by atoms with Crippen LogP contribution in [0.5, 0.6) is 0 Å². The maximum atomic E-state index is 11.6. The standard InChI is InChI=1S/C13H16N2O/c16-13-9-15(10-5-1-2-6-10)12-8-4-3-7-11(12)14-13/h3-4,7-8,10H,1-2,5-6,9H2,(H,14,16). The molecule has 0 atom stereocenters. The molecule has 84 valence electrons. The second-order valence-corrected chi connectivity index (χ2v) is 4.63. The van der Waals surface area contributed by atoms with Gasteiger partial charge in [0, 0.05) is 6.04 Å². The van der Waals surface area contributed by atoms with E-state index in [4.69, 9.17) is 0 Å². The van der Waals surface area contributed by atoms with Crippen LogP contribution in [-0.2, 0) is 4.79 Å². The van der Waals surface area contributed by atoms with Crippen molar-refractivity contribution < 1.29 is 4.79 Å². The maximum Gasteiger partial charge on any atom is 0.243 e. The highest BCUT2D eigenvalue weighted by Gasteiger charge is 2.29. The van der Waals surface area contributed by atoms with Gasteiger partial charge in [-0.1, -0.05) is 25.0 Å². The smallest absolute Gasteiger partial charge is 0.243 e. The predicted molar refractivity (Wildman–Crippen MR) is 64.7 cm³/mol. The monoisotopic (exact) mass is 216 g/mol. The molecular formula is C13H16N2O. The Labute approximate surface area is 95.4 Å². The maximum absolute atomic E-state index is 11.6. The fourth-order valence-electron chi connectivity index (χ4n) is 2.80. The van der Waals surface area contributed by atoms with Crippen LogP contribution in [0.15, 0.2) is 24.3 Å². The summed E-state index contributed by atoms with van der Waals surface area (Å²) in [7, 11) is 0. The Bertz CT molecular complexity index is 410. The van der Waals surface area contributed by atoms with E-state index in [1.807, 2.05) is 18.2 Å². The first-order chi connectivity index (χ1) is 7.84. The highest BCUT2D eigenvalue weighted by atomic mass is 16.2. The normalized spacial score (nSPS) is 20.8. The van der Waals surface area contributed by atoms with Crippen LogP contribution in [0.1, 0.15) is 25.7 Å². The number of carbonyl (C=O) groups is 1. The molecule has 1 aliphatic carbocycles. The van der Waals surface area contributed by atoms with Crippen molar-refractivity contribution >= 4 is 17.3 Å². The number of anilines is 2. The van der Waals surface area contributed by atoms with Gasteiger partial charge in [0.15, 0.2) is 0 Å². The zero-order valence-electron chi connectivity index (χ0n) is 9.28. The van der Waals surface area contributed by atoms with Gasteiger partial charge in [-0.15, -0.1) is 0 Å². The Balaban J connectivity index is 1.96. The SMILES string of the molecule is O=C1CN(C2CCCC2)c2ccccc2N1. The van der Waals surface area contributed by atoms with Crippen molar-refractivity contribution in [1.29, 1.82) is 0 Å².